The highest BCUT2D eigenvalue weighted by Crippen LogP contribution is 2.44. The summed E-state index contributed by atoms with van der Waals surface area (Å²) in [7, 11) is 2.94. The minimum Gasteiger partial charge on any atom is -0.488 e. The van der Waals surface area contributed by atoms with Crippen molar-refractivity contribution in [3.63, 3.8) is 0 Å². The zero-order valence-corrected chi connectivity index (χ0v) is 35.6. The van der Waals surface area contributed by atoms with E-state index in [0.717, 1.165) is 68.3 Å². The number of ether oxygens (including phenoxy) is 3. The Morgan fingerprint density at radius 1 is 0.918 bits per heavy atom. The van der Waals surface area contributed by atoms with Crippen LogP contribution in [-0.4, -0.2) is 104 Å². The Kier molecular flexibility index (Phi) is 11.4. The predicted molar refractivity (Wildman–Crippen MR) is 228 cm³/mol. The summed E-state index contributed by atoms with van der Waals surface area (Å²) in [6.45, 7) is 10.8. The average Bonchev–Trinajstić information content (AvgIpc) is 4.06. The van der Waals surface area contributed by atoms with Crippen LogP contribution in [-0.2, 0) is 25.7 Å². The van der Waals surface area contributed by atoms with Crippen molar-refractivity contribution in [2.75, 3.05) is 27.4 Å². The molecule has 0 spiro atoms. The van der Waals surface area contributed by atoms with Crippen LogP contribution in [0.15, 0.2) is 48.7 Å². The van der Waals surface area contributed by atoms with E-state index in [9.17, 15) is 24.3 Å². The molecule has 16 nitrogen and oxygen atoms in total. The monoisotopic (exact) mass is 834 g/mol. The number of likely N-dealkylation sites (tertiary alicyclic amines) is 2. The Morgan fingerprint density at radius 2 is 1.69 bits per heavy atom. The maximum atomic E-state index is 14.1. The van der Waals surface area contributed by atoms with Crippen molar-refractivity contribution < 1.29 is 38.5 Å². The lowest BCUT2D eigenvalue weighted by Gasteiger charge is -2.32. The summed E-state index contributed by atoms with van der Waals surface area (Å²) in [6.07, 6.45) is 2.06. The molecule has 6 atom stereocenters. The zero-order chi connectivity index (χ0) is 43.3. The molecule has 5 N–H and O–H groups in total. The van der Waals surface area contributed by atoms with Gasteiger partial charge in [-0.15, -0.1) is 0 Å². The molecular formula is C45H54N8O8. The first-order valence-electron chi connectivity index (χ1n) is 21.0. The van der Waals surface area contributed by atoms with Gasteiger partial charge in [-0.25, -0.2) is 19.6 Å². The highest BCUT2D eigenvalue weighted by Gasteiger charge is 2.43. The average molecular weight is 835 g/mol. The number of nitrogens with zero attached hydrogens (tertiary/aromatic N) is 4. The summed E-state index contributed by atoms with van der Waals surface area (Å²) in [5, 5.41) is 16.5. The van der Waals surface area contributed by atoms with Gasteiger partial charge in [0.2, 0.25) is 11.8 Å². The molecule has 0 bridgehead atoms. The number of H-pyrrole nitrogens is 2. The maximum Gasteiger partial charge on any atom is 0.407 e. The Hall–Kier alpha value is -6.16. The molecule has 16 heteroatoms. The summed E-state index contributed by atoms with van der Waals surface area (Å²) in [6, 6.07) is 12.2. The van der Waals surface area contributed by atoms with Crippen LogP contribution in [0.25, 0.3) is 44.2 Å². The highest BCUT2D eigenvalue weighted by molar-refractivity contribution is 6.07. The first-order valence-corrected chi connectivity index (χ1v) is 21.0. The van der Waals surface area contributed by atoms with Crippen molar-refractivity contribution >= 4 is 45.8 Å². The van der Waals surface area contributed by atoms with E-state index in [0.29, 0.717) is 37.8 Å². The molecule has 61 heavy (non-hydrogen) atoms. The highest BCUT2D eigenvalue weighted by atomic mass is 16.5. The number of fused-ring (bicyclic) bond motifs is 6. The van der Waals surface area contributed by atoms with Crippen LogP contribution in [0.3, 0.4) is 0 Å². The van der Waals surface area contributed by atoms with E-state index < -0.39 is 24.3 Å². The van der Waals surface area contributed by atoms with E-state index in [1.807, 2.05) is 40.7 Å². The third kappa shape index (κ3) is 7.84. The maximum absolute atomic E-state index is 14.1. The number of hydrogen-bond donors (Lipinski definition) is 5. The van der Waals surface area contributed by atoms with Gasteiger partial charge in [-0.05, 0) is 84.4 Å². The Balaban J connectivity index is 1.06. The Labute approximate surface area is 353 Å². The Morgan fingerprint density at radius 3 is 2.41 bits per heavy atom. The van der Waals surface area contributed by atoms with Crippen molar-refractivity contribution in [1.82, 2.24) is 40.4 Å². The molecule has 2 aromatic heterocycles. The van der Waals surface area contributed by atoms with Gasteiger partial charge < -0.3 is 49.7 Å². The van der Waals surface area contributed by atoms with Gasteiger partial charge in [-0.2, -0.15) is 0 Å². The number of benzene rings is 3. The van der Waals surface area contributed by atoms with Gasteiger partial charge >= 0.3 is 12.2 Å². The fraction of sp³-hybridized carbons (Fsp3) is 0.467. The molecule has 5 heterocycles. The SMILES string of the molecule is COC[C@H]1C[C@@H](c2nc3ccc4cc5c(cc4c3[nH]2)OCc2cc(-c3cnc([C@@H]4CC[C@H](C)N4C(=O)[C@@H](NC(=O)O)C(C)C)[nH]3)ccc2-5)N(C(=O)[C@@H](NC(=O)OC)C(C)C)C1. The molecule has 3 aliphatic rings. The van der Waals surface area contributed by atoms with Gasteiger partial charge in [0.1, 0.15) is 36.1 Å². The number of carbonyl (C=O) groups is 4. The summed E-state index contributed by atoms with van der Waals surface area (Å²) in [5.41, 5.74) is 6.42. The number of alkyl carbamates (subject to hydrolysis) is 1. The molecule has 3 aliphatic heterocycles. The summed E-state index contributed by atoms with van der Waals surface area (Å²) >= 11 is 0. The van der Waals surface area contributed by atoms with Gasteiger partial charge in [0, 0.05) is 36.6 Å². The number of aromatic nitrogens is 4. The van der Waals surface area contributed by atoms with E-state index >= 15 is 0 Å². The van der Waals surface area contributed by atoms with Gasteiger partial charge in [0.05, 0.1) is 48.7 Å². The van der Waals surface area contributed by atoms with Crippen LogP contribution in [0.5, 0.6) is 5.75 Å². The molecule has 5 aromatic rings. The largest absolute Gasteiger partial charge is 0.488 e. The number of rotatable bonds is 11. The van der Waals surface area contributed by atoms with Crippen molar-refractivity contribution in [3.8, 4) is 28.1 Å². The minimum atomic E-state index is -1.22. The van der Waals surface area contributed by atoms with E-state index in [1.165, 1.54) is 7.11 Å². The van der Waals surface area contributed by atoms with E-state index in [-0.39, 0.29) is 47.7 Å². The normalized spacial score (nSPS) is 20.7. The predicted octanol–water partition coefficient (Wildman–Crippen LogP) is 6.93. The number of hydrogen-bond acceptors (Lipinski definition) is 9. The fourth-order valence-electron chi connectivity index (χ4n) is 9.38. The lowest BCUT2D eigenvalue weighted by molar-refractivity contribution is -0.137. The minimum absolute atomic E-state index is 0.0608. The molecule has 4 amide bonds. The van der Waals surface area contributed by atoms with Crippen LogP contribution in [0.1, 0.15) is 83.2 Å². The fourth-order valence-corrected chi connectivity index (χ4v) is 9.38. The molecule has 2 saturated heterocycles. The van der Waals surface area contributed by atoms with E-state index in [1.54, 1.807) is 23.1 Å². The quantitative estimate of drug-likeness (QED) is 0.0929. The van der Waals surface area contributed by atoms with Crippen molar-refractivity contribution in [2.45, 2.75) is 90.7 Å². The topological polar surface area (TPSA) is 204 Å². The third-order valence-corrected chi connectivity index (χ3v) is 12.5. The number of nitrogens with one attached hydrogen (secondary N) is 4. The number of aromatic amines is 2. The molecule has 0 radical (unpaired) electrons. The van der Waals surface area contributed by atoms with Crippen LogP contribution < -0.4 is 15.4 Å². The molecular weight excluding hydrogens is 781 g/mol. The number of amides is 4. The van der Waals surface area contributed by atoms with Gasteiger partial charge in [-0.1, -0.05) is 45.9 Å². The molecule has 8 rings (SSSR count). The second kappa shape index (κ2) is 16.7. The van der Waals surface area contributed by atoms with E-state index in [4.69, 9.17) is 24.2 Å². The smallest absolute Gasteiger partial charge is 0.407 e. The van der Waals surface area contributed by atoms with Crippen molar-refractivity contribution in [2.24, 2.45) is 17.8 Å². The molecule has 0 saturated carbocycles. The lowest BCUT2D eigenvalue weighted by Crippen LogP contribution is -2.52. The van der Waals surface area contributed by atoms with Crippen LogP contribution >= 0.6 is 0 Å². The first kappa shape index (κ1) is 41.6. The van der Waals surface area contributed by atoms with Crippen LogP contribution in [0.4, 0.5) is 9.59 Å². The zero-order valence-electron chi connectivity index (χ0n) is 35.6. The summed E-state index contributed by atoms with van der Waals surface area (Å²) < 4.78 is 16.8. The lowest BCUT2D eigenvalue weighted by atomic mass is 9.92. The van der Waals surface area contributed by atoms with Crippen molar-refractivity contribution in [3.05, 3.63) is 65.9 Å². The number of carbonyl (C=O) groups excluding carboxylic acids is 3. The standard InChI is InChI=1S/C45H54N8O8/c1-22(2)37(51-45(58)60-7)42(54)52-19-25(20-59-6)14-35(52)41-47-32-12-10-26-16-31-29-11-9-27(15-28(29)21-61-36(31)17-30(26)39(32)49-41)33-18-46-40(48-33)34-13-8-24(5)53(34)43(55)38(23(3)4)50-44(56)57/h9-12,15-18,22-25,34-35,37-38,50H,8,13-14,19-21H2,1-7H3,(H,46,48)(H,47,49)(H,51,58)(H,56,57)/t24-,25-,34-,35-,37-,38-/m0/s1. The molecule has 2 fully saturated rings. The second-order valence-electron chi connectivity index (χ2n) is 17.3. The van der Waals surface area contributed by atoms with Gasteiger partial charge in [0.15, 0.2) is 0 Å². The van der Waals surface area contributed by atoms with Gasteiger partial charge in [0.25, 0.3) is 0 Å². The second-order valence-corrected chi connectivity index (χ2v) is 17.3. The summed E-state index contributed by atoms with van der Waals surface area (Å²) in [4.78, 5) is 71.8. The van der Waals surface area contributed by atoms with Crippen molar-refractivity contribution in [1.29, 1.82) is 0 Å². The van der Waals surface area contributed by atoms with Crippen LogP contribution in [0, 0.1) is 17.8 Å². The third-order valence-electron chi connectivity index (χ3n) is 12.5. The molecule has 3 aromatic carbocycles. The van der Waals surface area contributed by atoms with Crippen LogP contribution in [0.2, 0.25) is 0 Å². The number of methoxy groups -OCH3 is 2. The first-order chi connectivity index (χ1) is 29.3. The Bertz CT molecular complexity index is 2490. The molecule has 0 unspecified atom stereocenters. The molecule has 0 aliphatic carbocycles. The number of imidazole rings is 2. The number of carboxylic acid groups (broad SMARTS) is 1. The molecule has 322 valence electrons. The van der Waals surface area contributed by atoms with Gasteiger partial charge in [-0.3, -0.25) is 9.59 Å². The van der Waals surface area contributed by atoms with E-state index in [2.05, 4.69) is 57.0 Å². The summed E-state index contributed by atoms with van der Waals surface area (Å²) in [5.74, 6) is 1.37.